The van der Waals surface area contributed by atoms with Gasteiger partial charge >= 0.3 is 5.97 Å². The third-order valence-electron chi connectivity index (χ3n) is 5.76. The van der Waals surface area contributed by atoms with E-state index in [2.05, 4.69) is 4.72 Å². The van der Waals surface area contributed by atoms with Gasteiger partial charge in [-0.05, 0) is 74.0 Å². The molecule has 0 radical (unpaired) electrons. The molecule has 200 valence electrons. The van der Waals surface area contributed by atoms with Crippen LogP contribution in [0.25, 0.3) is 0 Å². The standard InChI is InChI=1S/C27H28N2O8S/c1-4-35-20-11-9-19(10-12-20)28-38(32,33)21-13-14-23(18(2)15-21)36-17-26(30)29-16-25(27(31)34-3)37-24-8-6-5-7-22(24)29/h5-15,25,28H,4,16-17H2,1-3H3/t25-/m1/s1. The molecular weight excluding hydrogens is 512 g/mol. The van der Waals surface area contributed by atoms with Gasteiger partial charge in [-0.2, -0.15) is 0 Å². The van der Waals surface area contributed by atoms with E-state index in [4.69, 9.17) is 18.9 Å². The summed E-state index contributed by atoms with van der Waals surface area (Å²) in [5, 5.41) is 0. The van der Waals surface area contributed by atoms with Crippen LogP contribution >= 0.6 is 0 Å². The number of nitrogens with zero attached hydrogens (tertiary/aromatic N) is 1. The third kappa shape index (κ3) is 6.00. The zero-order valence-electron chi connectivity index (χ0n) is 21.2. The van der Waals surface area contributed by atoms with Gasteiger partial charge in [0.2, 0.25) is 6.10 Å². The number of esters is 1. The van der Waals surface area contributed by atoms with Crippen molar-refractivity contribution in [1.82, 2.24) is 0 Å². The summed E-state index contributed by atoms with van der Waals surface area (Å²) in [5.41, 5.74) is 1.44. The molecule has 0 saturated heterocycles. The normalized spacial score (nSPS) is 14.6. The lowest BCUT2D eigenvalue weighted by Gasteiger charge is -2.33. The maximum Gasteiger partial charge on any atom is 0.348 e. The Kier molecular flexibility index (Phi) is 8.06. The largest absolute Gasteiger partial charge is 0.494 e. The van der Waals surface area contributed by atoms with E-state index in [1.54, 1.807) is 55.5 Å². The van der Waals surface area contributed by atoms with Gasteiger partial charge in [0.15, 0.2) is 6.61 Å². The molecule has 0 aliphatic carbocycles. The Balaban J connectivity index is 1.44. The van der Waals surface area contributed by atoms with Gasteiger partial charge in [0.1, 0.15) is 17.2 Å². The minimum Gasteiger partial charge on any atom is -0.494 e. The highest BCUT2D eigenvalue weighted by Crippen LogP contribution is 2.33. The van der Waals surface area contributed by atoms with E-state index in [0.29, 0.717) is 40.8 Å². The van der Waals surface area contributed by atoms with Crippen molar-refractivity contribution in [1.29, 1.82) is 0 Å². The Bertz CT molecular complexity index is 1420. The van der Waals surface area contributed by atoms with Crippen molar-refractivity contribution < 1.29 is 37.0 Å². The fraction of sp³-hybridized carbons (Fsp3) is 0.259. The Morgan fingerprint density at radius 1 is 1.05 bits per heavy atom. The number of methoxy groups -OCH3 is 1. The average molecular weight is 541 g/mol. The molecule has 10 nitrogen and oxygen atoms in total. The molecule has 1 atom stereocenters. The van der Waals surface area contributed by atoms with E-state index in [1.165, 1.54) is 30.2 Å². The average Bonchev–Trinajstić information content (AvgIpc) is 2.92. The van der Waals surface area contributed by atoms with Crippen molar-refractivity contribution in [3.8, 4) is 17.2 Å². The van der Waals surface area contributed by atoms with Gasteiger partial charge in [-0.3, -0.25) is 9.52 Å². The van der Waals surface area contributed by atoms with Gasteiger partial charge in [-0.1, -0.05) is 12.1 Å². The number of carbonyl (C=O) groups is 2. The molecule has 0 unspecified atom stereocenters. The van der Waals surface area contributed by atoms with Gasteiger partial charge in [-0.25, -0.2) is 13.2 Å². The summed E-state index contributed by atoms with van der Waals surface area (Å²) in [6.45, 7) is 3.70. The Labute approximate surface area is 221 Å². The van der Waals surface area contributed by atoms with E-state index in [0.717, 1.165) is 0 Å². The molecule has 0 saturated carbocycles. The van der Waals surface area contributed by atoms with Crippen LogP contribution in [0.3, 0.4) is 0 Å². The van der Waals surface area contributed by atoms with Crippen molar-refractivity contribution >= 4 is 33.3 Å². The maximum atomic E-state index is 13.1. The number of hydrogen-bond acceptors (Lipinski definition) is 8. The van der Waals surface area contributed by atoms with Crippen molar-refractivity contribution in [2.24, 2.45) is 0 Å². The number of anilines is 2. The minimum atomic E-state index is -3.86. The molecule has 3 aromatic carbocycles. The van der Waals surface area contributed by atoms with E-state index in [9.17, 15) is 18.0 Å². The van der Waals surface area contributed by atoms with Crippen molar-refractivity contribution in [2.45, 2.75) is 24.8 Å². The smallest absolute Gasteiger partial charge is 0.348 e. The zero-order valence-corrected chi connectivity index (χ0v) is 22.0. The number of ether oxygens (including phenoxy) is 4. The summed E-state index contributed by atoms with van der Waals surface area (Å²) in [5.74, 6) is 0.383. The molecule has 4 rings (SSSR count). The summed E-state index contributed by atoms with van der Waals surface area (Å²) in [6, 6.07) is 17.8. The molecule has 11 heteroatoms. The van der Waals surface area contributed by atoms with Gasteiger partial charge in [-0.15, -0.1) is 0 Å². The molecule has 1 heterocycles. The second-order valence-electron chi connectivity index (χ2n) is 8.38. The number of hydrogen-bond donors (Lipinski definition) is 1. The van der Waals surface area contributed by atoms with Crippen LogP contribution in [0.5, 0.6) is 17.2 Å². The molecule has 0 bridgehead atoms. The highest BCUT2D eigenvalue weighted by molar-refractivity contribution is 7.92. The number of benzene rings is 3. The topological polar surface area (TPSA) is 120 Å². The lowest BCUT2D eigenvalue weighted by atomic mass is 10.2. The molecule has 0 aromatic heterocycles. The summed E-state index contributed by atoms with van der Waals surface area (Å²) in [6.07, 6.45) is -0.965. The molecule has 3 aromatic rings. The number of rotatable bonds is 9. The molecule has 1 N–H and O–H groups in total. The van der Waals surface area contributed by atoms with Crippen molar-refractivity contribution in [3.63, 3.8) is 0 Å². The second-order valence-corrected chi connectivity index (χ2v) is 10.1. The van der Waals surface area contributed by atoms with Crippen LogP contribution in [0.15, 0.2) is 71.6 Å². The number of amides is 1. The third-order valence-corrected chi connectivity index (χ3v) is 7.14. The fourth-order valence-corrected chi connectivity index (χ4v) is 5.04. The Morgan fingerprint density at radius 3 is 2.47 bits per heavy atom. The summed E-state index contributed by atoms with van der Waals surface area (Å²) in [7, 11) is -2.60. The second kappa shape index (κ2) is 11.4. The first-order valence-electron chi connectivity index (χ1n) is 11.8. The number of aryl methyl sites for hydroxylation is 1. The predicted molar refractivity (Wildman–Crippen MR) is 140 cm³/mol. The first kappa shape index (κ1) is 26.8. The van der Waals surface area contributed by atoms with E-state index < -0.39 is 28.0 Å². The zero-order chi connectivity index (χ0) is 27.3. The summed E-state index contributed by atoms with van der Waals surface area (Å²) < 4.78 is 49.9. The van der Waals surface area contributed by atoms with Crippen LogP contribution in [0.2, 0.25) is 0 Å². The van der Waals surface area contributed by atoms with Gasteiger partial charge in [0.05, 0.1) is 30.8 Å². The van der Waals surface area contributed by atoms with Gasteiger partial charge in [0, 0.05) is 5.69 Å². The molecule has 0 spiro atoms. The van der Waals surface area contributed by atoms with E-state index >= 15 is 0 Å². The van der Waals surface area contributed by atoms with Crippen LogP contribution in [0.1, 0.15) is 12.5 Å². The van der Waals surface area contributed by atoms with Crippen LogP contribution in [0, 0.1) is 6.92 Å². The number of para-hydroxylation sites is 2. The van der Waals surface area contributed by atoms with Crippen LogP contribution in [-0.4, -0.2) is 53.3 Å². The van der Waals surface area contributed by atoms with Crippen LogP contribution < -0.4 is 23.8 Å². The lowest BCUT2D eigenvalue weighted by Crippen LogP contribution is -2.48. The molecule has 1 amide bonds. The Morgan fingerprint density at radius 2 is 1.79 bits per heavy atom. The van der Waals surface area contributed by atoms with Crippen molar-refractivity contribution in [3.05, 3.63) is 72.3 Å². The van der Waals surface area contributed by atoms with E-state index in [-0.39, 0.29) is 18.0 Å². The quantitative estimate of drug-likeness (QED) is 0.409. The first-order chi connectivity index (χ1) is 18.2. The Hall–Kier alpha value is -4.25. The summed E-state index contributed by atoms with van der Waals surface area (Å²) in [4.78, 5) is 26.6. The van der Waals surface area contributed by atoms with Crippen molar-refractivity contribution in [2.75, 3.05) is 36.5 Å². The molecule has 0 fully saturated rings. The van der Waals surface area contributed by atoms with Gasteiger partial charge < -0.3 is 23.8 Å². The number of fused-ring (bicyclic) bond motifs is 1. The van der Waals surface area contributed by atoms with E-state index in [1.807, 2.05) is 6.92 Å². The number of carbonyl (C=O) groups excluding carboxylic acids is 2. The monoisotopic (exact) mass is 540 g/mol. The number of nitrogens with one attached hydrogen (secondary N) is 1. The highest BCUT2D eigenvalue weighted by Gasteiger charge is 2.34. The molecule has 38 heavy (non-hydrogen) atoms. The fourth-order valence-electron chi connectivity index (χ4n) is 3.89. The maximum absolute atomic E-state index is 13.1. The highest BCUT2D eigenvalue weighted by atomic mass is 32.2. The SMILES string of the molecule is CCOc1ccc(NS(=O)(=O)c2ccc(OCC(=O)N3C[C@H](C(=O)OC)Oc4ccccc43)c(C)c2)cc1. The summed E-state index contributed by atoms with van der Waals surface area (Å²) >= 11 is 0. The first-order valence-corrected chi connectivity index (χ1v) is 13.3. The number of sulfonamides is 1. The van der Waals surface area contributed by atoms with Crippen LogP contribution in [0.4, 0.5) is 11.4 Å². The minimum absolute atomic E-state index is 0.0285. The lowest BCUT2D eigenvalue weighted by molar-refractivity contribution is -0.148. The molecule has 1 aliphatic rings. The molecular formula is C27H28N2O8S. The van der Waals surface area contributed by atoms with Gasteiger partial charge in [0.25, 0.3) is 15.9 Å². The molecule has 1 aliphatic heterocycles. The predicted octanol–water partition coefficient (Wildman–Crippen LogP) is 3.54. The van der Waals surface area contributed by atoms with Crippen LogP contribution in [-0.2, 0) is 24.3 Å².